The highest BCUT2D eigenvalue weighted by Crippen LogP contribution is 2.54. The standard InChI is InChI=1S/C25H32N2O2.H2/c1-17-10-20-11-18(2)13-24(12-17,14-20)27-23(28)25-9-8-22(26-21(25)15-25)29-16-19-6-4-3-5-7-19;/h3-9,17-18,20-21H,10-16H2,1-2H3,(H,27,28);1H. The zero-order valence-corrected chi connectivity index (χ0v) is 17.6. The van der Waals surface area contributed by atoms with Crippen LogP contribution in [-0.2, 0) is 16.1 Å². The van der Waals surface area contributed by atoms with E-state index in [0.717, 1.165) is 37.2 Å². The molecule has 0 saturated heterocycles. The number of carbonyl (C=O) groups excluding carboxylic acids is 1. The van der Waals surface area contributed by atoms with Gasteiger partial charge in [-0.15, -0.1) is 0 Å². The molecule has 0 spiro atoms. The number of hydrogen-bond acceptors (Lipinski definition) is 3. The lowest BCUT2D eigenvalue weighted by Gasteiger charge is -2.50. The van der Waals surface area contributed by atoms with Crippen LogP contribution in [0.5, 0.6) is 0 Å². The van der Waals surface area contributed by atoms with Crippen LogP contribution in [0.3, 0.4) is 0 Å². The quantitative estimate of drug-likeness (QED) is 0.790. The van der Waals surface area contributed by atoms with Crippen molar-refractivity contribution < 1.29 is 11.0 Å². The van der Waals surface area contributed by atoms with Crippen molar-refractivity contribution in [2.75, 3.05) is 0 Å². The van der Waals surface area contributed by atoms with E-state index in [1.807, 2.05) is 42.5 Å². The number of benzene rings is 1. The molecule has 1 aliphatic heterocycles. The minimum absolute atomic E-state index is 0. The van der Waals surface area contributed by atoms with Gasteiger partial charge < -0.3 is 10.1 Å². The molecule has 4 heteroatoms. The predicted octanol–water partition coefficient (Wildman–Crippen LogP) is 4.90. The van der Waals surface area contributed by atoms with Crippen LogP contribution in [-0.4, -0.2) is 23.4 Å². The van der Waals surface area contributed by atoms with E-state index in [2.05, 4.69) is 19.2 Å². The number of rotatable bonds is 4. The highest BCUT2D eigenvalue weighted by molar-refractivity contribution is 5.96. The largest absolute Gasteiger partial charge is 0.473 e. The summed E-state index contributed by atoms with van der Waals surface area (Å²) < 4.78 is 5.86. The van der Waals surface area contributed by atoms with Crippen molar-refractivity contribution in [2.45, 2.75) is 70.6 Å². The second-order valence-corrected chi connectivity index (χ2v) is 10.2. The molecular formula is C25H34N2O2. The van der Waals surface area contributed by atoms with E-state index in [-0.39, 0.29) is 18.9 Å². The SMILES string of the molecule is CC1CC2CC(C)CC(NC(=O)C34C=CC(OCc5ccccc5)=NC3C4)(C1)C2.[HH]. The normalized spacial score (nSPS) is 39.9. The number of aliphatic imine (C=N–C) groups is 1. The van der Waals surface area contributed by atoms with Gasteiger partial charge in [0.2, 0.25) is 11.8 Å². The van der Waals surface area contributed by atoms with Gasteiger partial charge >= 0.3 is 0 Å². The minimum Gasteiger partial charge on any atom is -0.473 e. The lowest BCUT2D eigenvalue weighted by molar-refractivity contribution is -0.128. The Labute approximate surface area is 175 Å². The molecule has 0 aromatic heterocycles. The van der Waals surface area contributed by atoms with Crippen LogP contribution in [0.1, 0.15) is 59.4 Å². The van der Waals surface area contributed by atoms with Crippen molar-refractivity contribution in [1.29, 1.82) is 0 Å². The summed E-state index contributed by atoms with van der Waals surface area (Å²) in [4.78, 5) is 18.1. The van der Waals surface area contributed by atoms with E-state index < -0.39 is 5.41 Å². The number of fused-ring (bicyclic) bond motifs is 3. The number of carbonyl (C=O) groups is 1. The number of amides is 1. The Kier molecular flexibility index (Phi) is 4.56. The zero-order valence-electron chi connectivity index (χ0n) is 17.6. The second-order valence-electron chi connectivity index (χ2n) is 10.2. The van der Waals surface area contributed by atoms with Gasteiger partial charge in [0.1, 0.15) is 6.61 Å². The van der Waals surface area contributed by atoms with Crippen molar-refractivity contribution in [1.82, 2.24) is 5.32 Å². The summed E-state index contributed by atoms with van der Waals surface area (Å²) in [5.41, 5.74) is 0.687. The number of hydrogen-bond donors (Lipinski definition) is 1. The van der Waals surface area contributed by atoms with Crippen molar-refractivity contribution >= 4 is 11.8 Å². The maximum absolute atomic E-state index is 13.4. The first-order valence-corrected chi connectivity index (χ1v) is 11.2. The number of dihydropyridines is 1. The fourth-order valence-electron chi connectivity index (χ4n) is 6.37. The molecule has 1 heterocycles. The van der Waals surface area contributed by atoms with E-state index in [9.17, 15) is 4.79 Å². The molecule has 4 aliphatic rings. The maximum atomic E-state index is 13.4. The second kappa shape index (κ2) is 7.00. The average molecular weight is 395 g/mol. The number of nitrogens with one attached hydrogen (secondary N) is 1. The fraction of sp³-hybridized carbons (Fsp3) is 0.600. The molecule has 5 rings (SSSR count). The van der Waals surface area contributed by atoms with Gasteiger partial charge in [-0.05, 0) is 67.9 Å². The molecule has 156 valence electrons. The summed E-state index contributed by atoms with van der Waals surface area (Å²) in [7, 11) is 0. The van der Waals surface area contributed by atoms with Crippen molar-refractivity contribution in [3.63, 3.8) is 0 Å². The molecular weight excluding hydrogens is 360 g/mol. The van der Waals surface area contributed by atoms with Crippen LogP contribution >= 0.6 is 0 Å². The fourth-order valence-corrected chi connectivity index (χ4v) is 6.37. The Hall–Kier alpha value is -2.10. The molecule has 3 saturated carbocycles. The van der Waals surface area contributed by atoms with Gasteiger partial charge in [-0.25, -0.2) is 4.99 Å². The maximum Gasteiger partial charge on any atom is 0.232 e. The molecule has 2 bridgehead atoms. The Bertz CT molecular complexity index is 832. The molecule has 3 aliphatic carbocycles. The van der Waals surface area contributed by atoms with Crippen LogP contribution in [0.2, 0.25) is 0 Å². The topological polar surface area (TPSA) is 50.7 Å². The number of ether oxygens (including phenoxy) is 1. The lowest BCUT2D eigenvalue weighted by Crippen LogP contribution is -2.58. The van der Waals surface area contributed by atoms with Crippen LogP contribution in [0.25, 0.3) is 0 Å². The Balaban J connectivity index is 0.00000218. The third kappa shape index (κ3) is 3.62. The van der Waals surface area contributed by atoms with Gasteiger partial charge in [0, 0.05) is 6.97 Å². The van der Waals surface area contributed by atoms with Crippen LogP contribution in [0, 0.1) is 23.2 Å². The summed E-state index contributed by atoms with van der Waals surface area (Å²) in [6, 6.07) is 10.1. The van der Waals surface area contributed by atoms with Crippen LogP contribution < -0.4 is 5.32 Å². The zero-order chi connectivity index (χ0) is 20.1. The molecule has 29 heavy (non-hydrogen) atoms. The Morgan fingerprint density at radius 1 is 1.14 bits per heavy atom. The van der Waals surface area contributed by atoms with E-state index in [4.69, 9.17) is 9.73 Å². The number of nitrogens with zero attached hydrogens (tertiary/aromatic N) is 1. The molecule has 4 unspecified atom stereocenters. The van der Waals surface area contributed by atoms with Gasteiger partial charge in [-0.2, -0.15) is 0 Å². The highest BCUT2D eigenvalue weighted by Gasteiger charge is 2.61. The van der Waals surface area contributed by atoms with Crippen molar-refractivity contribution in [3.8, 4) is 0 Å². The van der Waals surface area contributed by atoms with E-state index >= 15 is 0 Å². The molecule has 4 nitrogen and oxygen atoms in total. The summed E-state index contributed by atoms with van der Waals surface area (Å²) >= 11 is 0. The van der Waals surface area contributed by atoms with Crippen molar-refractivity contribution in [2.24, 2.45) is 28.2 Å². The Morgan fingerprint density at radius 2 is 1.86 bits per heavy atom. The summed E-state index contributed by atoms with van der Waals surface area (Å²) in [6.07, 6.45) is 10.8. The summed E-state index contributed by atoms with van der Waals surface area (Å²) in [6.45, 7) is 5.21. The van der Waals surface area contributed by atoms with E-state index in [0.29, 0.717) is 24.3 Å². The van der Waals surface area contributed by atoms with E-state index in [1.165, 1.54) is 12.8 Å². The van der Waals surface area contributed by atoms with Crippen LogP contribution in [0.4, 0.5) is 0 Å². The van der Waals surface area contributed by atoms with Gasteiger partial charge in [-0.1, -0.05) is 50.3 Å². The molecule has 1 aromatic rings. The van der Waals surface area contributed by atoms with Crippen molar-refractivity contribution in [3.05, 3.63) is 48.0 Å². The monoisotopic (exact) mass is 394 g/mol. The first-order valence-electron chi connectivity index (χ1n) is 11.2. The third-order valence-electron chi connectivity index (χ3n) is 7.43. The average Bonchev–Trinajstić information content (AvgIpc) is 3.41. The smallest absolute Gasteiger partial charge is 0.232 e. The van der Waals surface area contributed by atoms with Gasteiger partial charge in [0.15, 0.2) is 0 Å². The first kappa shape index (κ1) is 18.9. The predicted molar refractivity (Wildman–Crippen MR) is 117 cm³/mol. The molecule has 1 amide bonds. The van der Waals surface area contributed by atoms with Gasteiger partial charge in [0.25, 0.3) is 0 Å². The molecule has 0 radical (unpaired) electrons. The molecule has 3 fully saturated rings. The van der Waals surface area contributed by atoms with Crippen LogP contribution in [0.15, 0.2) is 47.5 Å². The molecule has 1 aromatic carbocycles. The lowest BCUT2D eigenvalue weighted by atomic mass is 9.61. The minimum atomic E-state index is -0.439. The molecule has 1 N–H and O–H groups in total. The highest BCUT2D eigenvalue weighted by atomic mass is 16.5. The summed E-state index contributed by atoms with van der Waals surface area (Å²) in [5.74, 6) is 3.01. The molecule has 4 atom stereocenters. The van der Waals surface area contributed by atoms with Gasteiger partial charge in [0.05, 0.1) is 11.5 Å². The Morgan fingerprint density at radius 3 is 2.55 bits per heavy atom. The first-order chi connectivity index (χ1) is 14.0. The summed E-state index contributed by atoms with van der Waals surface area (Å²) in [5, 5.41) is 3.55. The van der Waals surface area contributed by atoms with Gasteiger partial charge in [-0.3, -0.25) is 4.79 Å². The third-order valence-corrected chi connectivity index (χ3v) is 7.43. The van der Waals surface area contributed by atoms with E-state index in [1.54, 1.807) is 0 Å².